The van der Waals surface area contributed by atoms with Gasteiger partial charge < -0.3 is 4.84 Å². The minimum atomic E-state index is -0.697. The minimum absolute atomic E-state index is 0.122. The molecule has 0 atom stereocenters. The van der Waals surface area contributed by atoms with Gasteiger partial charge in [0.1, 0.15) is 0 Å². The summed E-state index contributed by atoms with van der Waals surface area (Å²) >= 11 is 0. The van der Waals surface area contributed by atoms with Gasteiger partial charge >= 0.3 is 5.97 Å². The molecule has 17 heavy (non-hydrogen) atoms. The molecule has 1 aliphatic heterocycles. The Morgan fingerprint density at radius 2 is 1.76 bits per heavy atom. The summed E-state index contributed by atoms with van der Waals surface area (Å²) in [6.45, 7) is 7.50. The number of nitrogens with zero attached hydrogens (tertiary/aromatic N) is 1. The molecule has 0 unspecified atom stereocenters. The molecule has 0 N–H and O–H groups in total. The number of rotatable bonds is 4. The summed E-state index contributed by atoms with van der Waals surface area (Å²) in [5.41, 5.74) is -0.697. The number of hydrogen-bond acceptors (Lipinski definition) is 4. The van der Waals surface area contributed by atoms with E-state index < -0.39 is 23.2 Å². The Hall–Kier alpha value is -1.39. The maximum Gasteiger partial charge on any atom is 0.338 e. The van der Waals surface area contributed by atoms with Gasteiger partial charge in [0, 0.05) is 12.8 Å². The van der Waals surface area contributed by atoms with Gasteiger partial charge in [-0.3, -0.25) is 9.59 Å². The molecule has 5 nitrogen and oxygen atoms in total. The van der Waals surface area contributed by atoms with Gasteiger partial charge in [-0.25, -0.2) is 4.79 Å². The van der Waals surface area contributed by atoms with Gasteiger partial charge in [-0.2, -0.15) is 0 Å². The van der Waals surface area contributed by atoms with Crippen molar-refractivity contribution in [1.29, 1.82) is 0 Å². The number of carbonyl (C=O) groups is 3. The summed E-state index contributed by atoms with van der Waals surface area (Å²) in [4.78, 5) is 39.4. The molecule has 1 rings (SSSR count). The third-order valence-electron chi connectivity index (χ3n) is 2.65. The van der Waals surface area contributed by atoms with E-state index in [-0.39, 0.29) is 12.8 Å². The van der Waals surface area contributed by atoms with E-state index in [1.807, 2.05) is 13.8 Å². The molecular weight excluding hydrogens is 222 g/mol. The van der Waals surface area contributed by atoms with Gasteiger partial charge in [-0.05, 0) is 26.2 Å². The number of hydrogen-bond donors (Lipinski definition) is 0. The van der Waals surface area contributed by atoms with Crippen LogP contribution >= 0.6 is 0 Å². The second-order valence-corrected chi connectivity index (χ2v) is 5.44. The highest BCUT2D eigenvalue weighted by molar-refractivity contribution is 6.01. The van der Waals surface area contributed by atoms with E-state index in [9.17, 15) is 14.4 Å². The third kappa shape index (κ3) is 3.28. The molecule has 0 aromatic carbocycles. The van der Waals surface area contributed by atoms with Crippen molar-refractivity contribution < 1.29 is 19.2 Å². The Balaban J connectivity index is 2.65. The summed E-state index contributed by atoms with van der Waals surface area (Å²) in [5.74, 6) is -1.08. The topological polar surface area (TPSA) is 63.7 Å². The highest BCUT2D eigenvalue weighted by Gasteiger charge is 2.38. The minimum Gasteiger partial charge on any atom is -0.330 e. The summed E-state index contributed by atoms with van der Waals surface area (Å²) in [7, 11) is 0. The van der Waals surface area contributed by atoms with Gasteiger partial charge in [0.05, 0.1) is 5.41 Å². The fraction of sp³-hybridized carbons (Fsp3) is 0.750. The Morgan fingerprint density at radius 1 is 1.29 bits per heavy atom. The smallest absolute Gasteiger partial charge is 0.330 e. The highest BCUT2D eigenvalue weighted by atomic mass is 16.7. The van der Waals surface area contributed by atoms with E-state index in [1.54, 1.807) is 13.8 Å². The first kappa shape index (κ1) is 13.7. The van der Waals surface area contributed by atoms with Gasteiger partial charge in [-0.15, -0.1) is 5.06 Å². The molecule has 96 valence electrons. The zero-order chi connectivity index (χ0) is 13.2. The van der Waals surface area contributed by atoms with Gasteiger partial charge in [0.15, 0.2) is 0 Å². The van der Waals surface area contributed by atoms with Crippen molar-refractivity contribution >= 4 is 17.8 Å². The lowest BCUT2D eigenvalue weighted by molar-refractivity contribution is -0.204. The monoisotopic (exact) mass is 241 g/mol. The summed E-state index contributed by atoms with van der Waals surface area (Å²) in [6, 6.07) is 0. The molecule has 0 aliphatic carbocycles. The van der Waals surface area contributed by atoms with Crippen LogP contribution in [-0.2, 0) is 19.2 Å². The van der Waals surface area contributed by atoms with E-state index in [0.717, 1.165) is 0 Å². The first-order valence-electron chi connectivity index (χ1n) is 5.82. The van der Waals surface area contributed by atoms with Gasteiger partial charge in [-0.1, -0.05) is 13.8 Å². The Morgan fingerprint density at radius 3 is 2.18 bits per heavy atom. The van der Waals surface area contributed by atoms with Crippen LogP contribution in [0.15, 0.2) is 0 Å². The van der Waals surface area contributed by atoms with E-state index in [2.05, 4.69) is 0 Å². The summed E-state index contributed by atoms with van der Waals surface area (Å²) in [5, 5.41) is 0.602. The van der Waals surface area contributed by atoms with Crippen LogP contribution < -0.4 is 0 Å². The molecule has 0 aromatic rings. The lowest BCUT2D eigenvalue weighted by atomic mass is 9.84. The van der Waals surface area contributed by atoms with E-state index in [1.165, 1.54) is 0 Å². The molecule has 0 saturated carbocycles. The first-order chi connectivity index (χ1) is 7.74. The molecule has 0 spiro atoms. The summed E-state index contributed by atoms with van der Waals surface area (Å²) < 4.78 is 0. The molecule has 5 heteroatoms. The molecule has 2 amide bonds. The maximum atomic E-state index is 11.9. The van der Waals surface area contributed by atoms with Gasteiger partial charge in [0.2, 0.25) is 0 Å². The summed E-state index contributed by atoms with van der Waals surface area (Å²) in [6.07, 6.45) is 0.884. The van der Waals surface area contributed by atoms with Crippen molar-refractivity contribution in [1.82, 2.24) is 5.06 Å². The predicted molar refractivity (Wildman–Crippen MR) is 60.4 cm³/mol. The fourth-order valence-electron chi connectivity index (χ4n) is 1.97. The largest absolute Gasteiger partial charge is 0.338 e. The van der Waals surface area contributed by atoms with Crippen molar-refractivity contribution in [2.24, 2.45) is 11.3 Å². The highest BCUT2D eigenvalue weighted by Crippen LogP contribution is 2.28. The standard InChI is InChI=1S/C12H19NO4/c1-8(2)7-12(3,4)11(16)17-13-9(14)5-6-10(13)15/h8H,5-7H2,1-4H3. The Bertz CT molecular complexity index is 330. The van der Waals surface area contributed by atoms with E-state index in [0.29, 0.717) is 17.4 Å². The molecule has 0 bridgehead atoms. The maximum absolute atomic E-state index is 11.9. The van der Waals surface area contributed by atoms with Crippen molar-refractivity contribution in [3.63, 3.8) is 0 Å². The number of hydroxylamine groups is 2. The van der Waals surface area contributed by atoms with Crippen LogP contribution in [0.5, 0.6) is 0 Å². The lowest BCUT2D eigenvalue weighted by Gasteiger charge is -2.25. The van der Waals surface area contributed by atoms with Crippen LogP contribution in [0.4, 0.5) is 0 Å². The Kier molecular flexibility index (Phi) is 3.91. The first-order valence-corrected chi connectivity index (χ1v) is 5.82. The van der Waals surface area contributed by atoms with Crippen LogP contribution in [0.25, 0.3) is 0 Å². The van der Waals surface area contributed by atoms with E-state index >= 15 is 0 Å². The second-order valence-electron chi connectivity index (χ2n) is 5.44. The number of amides is 2. The van der Waals surface area contributed by atoms with Crippen molar-refractivity contribution in [2.75, 3.05) is 0 Å². The van der Waals surface area contributed by atoms with Crippen molar-refractivity contribution in [2.45, 2.75) is 47.0 Å². The van der Waals surface area contributed by atoms with E-state index in [4.69, 9.17) is 4.84 Å². The Labute approximate surface area is 101 Å². The third-order valence-corrected chi connectivity index (χ3v) is 2.65. The molecule has 0 aromatic heterocycles. The van der Waals surface area contributed by atoms with Crippen LogP contribution in [-0.4, -0.2) is 22.8 Å². The van der Waals surface area contributed by atoms with Crippen molar-refractivity contribution in [3.8, 4) is 0 Å². The average Bonchev–Trinajstić information content (AvgIpc) is 2.47. The van der Waals surface area contributed by atoms with Crippen LogP contribution in [0.3, 0.4) is 0 Å². The molecule has 0 radical (unpaired) electrons. The zero-order valence-electron chi connectivity index (χ0n) is 10.8. The van der Waals surface area contributed by atoms with Crippen molar-refractivity contribution in [3.05, 3.63) is 0 Å². The average molecular weight is 241 g/mol. The molecule has 1 aliphatic rings. The molecule has 1 heterocycles. The fourth-order valence-corrected chi connectivity index (χ4v) is 1.97. The zero-order valence-corrected chi connectivity index (χ0v) is 10.8. The molecule has 1 saturated heterocycles. The lowest BCUT2D eigenvalue weighted by Crippen LogP contribution is -2.38. The molecule has 1 fully saturated rings. The predicted octanol–water partition coefficient (Wildman–Crippen LogP) is 1.67. The normalized spacial score (nSPS) is 16.9. The molecular formula is C12H19NO4. The van der Waals surface area contributed by atoms with Crippen LogP contribution in [0, 0.1) is 11.3 Å². The van der Waals surface area contributed by atoms with Crippen LogP contribution in [0.2, 0.25) is 0 Å². The van der Waals surface area contributed by atoms with Crippen LogP contribution in [0.1, 0.15) is 47.0 Å². The second kappa shape index (κ2) is 4.85. The van der Waals surface area contributed by atoms with Gasteiger partial charge in [0.25, 0.3) is 11.8 Å². The quantitative estimate of drug-likeness (QED) is 0.702. The number of carbonyl (C=O) groups excluding carboxylic acids is 3. The SMILES string of the molecule is CC(C)CC(C)(C)C(=O)ON1C(=O)CCC1=O. The number of imide groups is 1.